The van der Waals surface area contributed by atoms with E-state index in [2.05, 4.69) is 0 Å². The monoisotopic (exact) mass is 285 g/mol. The van der Waals surface area contributed by atoms with Gasteiger partial charge in [-0.2, -0.15) is 8.42 Å². The van der Waals surface area contributed by atoms with E-state index in [1.165, 1.54) is 11.0 Å². The number of cyclic esters (lactones) is 1. The first-order valence-corrected chi connectivity index (χ1v) is 7.31. The number of nitrogens with zero attached hydrogens (tertiary/aromatic N) is 1. The summed E-state index contributed by atoms with van der Waals surface area (Å²) in [5, 5.41) is 0. The highest BCUT2D eigenvalue weighted by molar-refractivity contribution is 7.87. The van der Waals surface area contributed by atoms with Crippen LogP contribution in [0, 0.1) is 6.92 Å². The molecule has 1 aliphatic rings. The Balaban J connectivity index is 2.53. The minimum Gasteiger partial charge on any atom is -0.447 e. The van der Waals surface area contributed by atoms with E-state index in [0.717, 1.165) is 5.56 Å². The van der Waals surface area contributed by atoms with E-state index in [9.17, 15) is 13.2 Å². The summed E-state index contributed by atoms with van der Waals surface area (Å²) in [5.41, 5.74) is 1.15. The first kappa shape index (κ1) is 13.8. The minimum absolute atomic E-state index is 0.0150. The predicted octanol–water partition coefficient (Wildman–Crippen LogP) is 1.68. The molecule has 0 bridgehead atoms. The normalized spacial score (nSPS) is 15.7. The van der Waals surface area contributed by atoms with Gasteiger partial charge >= 0.3 is 6.09 Å². The van der Waals surface area contributed by atoms with Gasteiger partial charge in [0.1, 0.15) is 11.5 Å². The quantitative estimate of drug-likeness (QED) is 0.787. The molecule has 1 aromatic rings. The van der Waals surface area contributed by atoms with E-state index in [0.29, 0.717) is 12.2 Å². The molecule has 0 saturated carbocycles. The molecule has 0 N–H and O–H groups in total. The molecular weight excluding hydrogens is 270 g/mol. The van der Waals surface area contributed by atoms with Gasteiger partial charge in [-0.15, -0.1) is 0 Å². The SMILES string of the molecule is CCOS(=O)(=O)c1ccc(C)cc1N1CCOC1=O. The number of carbonyl (C=O) groups is 1. The lowest BCUT2D eigenvalue weighted by Gasteiger charge is -2.17. The summed E-state index contributed by atoms with van der Waals surface area (Å²) in [4.78, 5) is 12.9. The van der Waals surface area contributed by atoms with Crippen LogP contribution in [0.15, 0.2) is 23.1 Å². The molecule has 1 aromatic carbocycles. The Morgan fingerprint density at radius 2 is 2.16 bits per heavy atom. The van der Waals surface area contributed by atoms with Gasteiger partial charge in [0.15, 0.2) is 0 Å². The van der Waals surface area contributed by atoms with Gasteiger partial charge in [0.25, 0.3) is 10.1 Å². The molecule has 0 aliphatic carbocycles. The molecule has 0 atom stereocenters. The van der Waals surface area contributed by atoms with Crippen molar-refractivity contribution >= 4 is 21.9 Å². The molecule has 1 fully saturated rings. The number of aryl methyl sites for hydroxylation is 1. The average molecular weight is 285 g/mol. The van der Waals surface area contributed by atoms with Crippen molar-refractivity contribution in [1.82, 2.24) is 0 Å². The van der Waals surface area contributed by atoms with Gasteiger partial charge in [-0.3, -0.25) is 9.08 Å². The molecule has 7 heteroatoms. The van der Waals surface area contributed by atoms with Crippen molar-refractivity contribution in [3.63, 3.8) is 0 Å². The highest BCUT2D eigenvalue weighted by atomic mass is 32.2. The van der Waals surface area contributed by atoms with Crippen LogP contribution in [0.25, 0.3) is 0 Å². The largest absolute Gasteiger partial charge is 0.447 e. The van der Waals surface area contributed by atoms with Crippen molar-refractivity contribution in [3.8, 4) is 0 Å². The Morgan fingerprint density at radius 3 is 2.74 bits per heavy atom. The van der Waals surface area contributed by atoms with Crippen LogP contribution in [0.2, 0.25) is 0 Å². The molecule has 104 valence electrons. The lowest BCUT2D eigenvalue weighted by molar-refractivity contribution is 0.181. The van der Waals surface area contributed by atoms with Gasteiger partial charge in [0, 0.05) is 0 Å². The zero-order valence-electron chi connectivity index (χ0n) is 10.8. The molecule has 1 amide bonds. The first-order chi connectivity index (χ1) is 8.95. The number of hydrogen-bond acceptors (Lipinski definition) is 5. The van der Waals surface area contributed by atoms with E-state index in [-0.39, 0.29) is 18.1 Å². The fraction of sp³-hybridized carbons (Fsp3) is 0.417. The number of carbonyl (C=O) groups excluding carboxylic acids is 1. The molecule has 0 spiro atoms. The van der Waals surface area contributed by atoms with Gasteiger partial charge in [0.05, 0.1) is 18.8 Å². The number of rotatable bonds is 4. The van der Waals surface area contributed by atoms with E-state index in [1.54, 1.807) is 19.1 Å². The molecule has 1 aliphatic heterocycles. The summed E-state index contributed by atoms with van der Waals surface area (Å²) >= 11 is 0. The van der Waals surface area contributed by atoms with Crippen LogP contribution < -0.4 is 4.90 Å². The molecular formula is C12H15NO5S. The Hall–Kier alpha value is -1.60. The zero-order chi connectivity index (χ0) is 14.0. The Bertz CT molecular complexity index is 596. The van der Waals surface area contributed by atoms with Gasteiger partial charge in [0.2, 0.25) is 0 Å². The molecule has 6 nitrogen and oxygen atoms in total. The number of amides is 1. The summed E-state index contributed by atoms with van der Waals surface area (Å²) in [6.07, 6.45) is -0.543. The van der Waals surface area contributed by atoms with E-state index >= 15 is 0 Å². The number of hydrogen-bond donors (Lipinski definition) is 0. The fourth-order valence-electron chi connectivity index (χ4n) is 1.88. The standard InChI is InChI=1S/C12H15NO5S/c1-3-18-19(15,16)11-5-4-9(2)8-10(11)13-6-7-17-12(13)14/h4-5,8H,3,6-7H2,1-2H3. The highest BCUT2D eigenvalue weighted by Gasteiger charge is 2.30. The molecule has 0 unspecified atom stereocenters. The van der Waals surface area contributed by atoms with Crippen LogP contribution in [0.1, 0.15) is 12.5 Å². The van der Waals surface area contributed by atoms with Crippen LogP contribution in [0.5, 0.6) is 0 Å². The lowest BCUT2D eigenvalue weighted by Crippen LogP contribution is -2.25. The van der Waals surface area contributed by atoms with Crippen LogP contribution in [0.3, 0.4) is 0 Å². The molecule has 19 heavy (non-hydrogen) atoms. The second kappa shape index (κ2) is 5.18. The van der Waals surface area contributed by atoms with E-state index in [1.807, 2.05) is 6.92 Å². The van der Waals surface area contributed by atoms with E-state index in [4.69, 9.17) is 8.92 Å². The maximum Gasteiger partial charge on any atom is 0.414 e. The second-order valence-electron chi connectivity index (χ2n) is 4.10. The van der Waals surface area contributed by atoms with E-state index < -0.39 is 16.2 Å². The van der Waals surface area contributed by atoms with Crippen LogP contribution in [0.4, 0.5) is 10.5 Å². The molecule has 2 rings (SSSR count). The van der Waals surface area contributed by atoms with Crippen molar-refractivity contribution in [1.29, 1.82) is 0 Å². The van der Waals surface area contributed by atoms with Crippen LogP contribution in [-0.2, 0) is 19.0 Å². The van der Waals surface area contributed by atoms with Gasteiger partial charge in [-0.05, 0) is 31.5 Å². The Labute approximate surface area is 112 Å². The van der Waals surface area contributed by atoms with Crippen molar-refractivity contribution in [2.45, 2.75) is 18.7 Å². The smallest absolute Gasteiger partial charge is 0.414 e. The second-order valence-corrected chi connectivity index (χ2v) is 5.68. The van der Waals surface area contributed by atoms with Gasteiger partial charge in [-0.25, -0.2) is 4.79 Å². The van der Waals surface area contributed by atoms with Crippen LogP contribution in [-0.4, -0.2) is 34.3 Å². The Kier molecular flexibility index (Phi) is 3.77. The van der Waals surface area contributed by atoms with Gasteiger partial charge < -0.3 is 4.74 Å². The predicted molar refractivity (Wildman–Crippen MR) is 68.7 cm³/mol. The molecule has 0 aromatic heterocycles. The van der Waals surface area contributed by atoms with Crippen molar-refractivity contribution in [3.05, 3.63) is 23.8 Å². The first-order valence-electron chi connectivity index (χ1n) is 5.90. The molecule has 1 heterocycles. The topological polar surface area (TPSA) is 72.9 Å². The fourth-order valence-corrected chi connectivity index (χ4v) is 2.98. The summed E-state index contributed by atoms with van der Waals surface area (Å²) in [7, 11) is -3.87. The lowest BCUT2D eigenvalue weighted by atomic mass is 10.2. The molecule has 0 radical (unpaired) electrons. The third kappa shape index (κ3) is 2.71. The zero-order valence-corrected chi connectivity index (χ0v) is 11.6. The summed E-state index contributed by atoms with van der Waals surface area (Å²) < 4.78 is 33.7. The maximum absolute atomic E-state index is 12.0. The maximum atomic E-state index is 12.0. The van der Waals surface area contributed by atoms with Crippen molar-refractivity contribution in [2.75, 3.05) is 24.7 Å². The van der Waals surface area contributed by atoms with Crippen molar-refractivity contribution < 1.29 is 22.1 Å². The third-order valence-corrected chi connectivity index (χ3v) is 4.14. The van der Waals surface area contributed by atoms with Gasteiger partial charge in [-0.1, -0.05) is 6.07 Å². The number of ether oxygens (including phenoxy) is 1. The minimum atomic E-state index is -3.87. The molecule has 1 saturated heterocycles. The Morgan fingerprint density at radius 1 is 1.42 bits per heavy atom. The third-order valence-electron chi connectivity index (χ3n) is 2.71. The van der Waals surface area contributed by atoms with Crippen LogP contribution >= 0.6 is 0 Å². The number of anilines is 1. The summed E-state index contributed by atoms with van der Waals surface area (Å²) in [6.45, 7) is 4.04. The number of benzene rings is 1. The average Bonchev–Trinajstić information content (AvgIpc) is 2.74. The highest BCUT2D eigenvalue weighted by Crippen LogP contribution is 2.29. The summed E-state index contributed by atoms with van der Waals surface area (Å²) in [6, 6.07) is 4.75. The van der Waals surface area contributed by atoms with Crippen molar-refractivity contribution in [2.24, 2.45) is 0 Å². The summed E-state index contributed by atoms with van der Waals surface area (Å²) in [5.74, 6) is 0.